The number of benzene rings is 1. The van der Waals surface area contributed by atoms with E-state index in [4.69, 9.17) is 27.9 Å². The molecule has 0 bridgehead atoms. The van der Waals surface area contributed by atoms with Crippen molar-refractivity contribution in [3.05, 3.63) is 28.2 Å². The summed E-state index contributed by atoms with van der Waals surface area (Å²) in [6, 6.07) is 5.09. The maximum atomic E-state index is 10.1. The number of rotatable bonds is 5. The first-order chi connectivity index (χ1) is 9.94. The molecule has 1 aliphatic heterocycles. The van der Waals surface area contributed by atoms with E-state index in [1.54, 1.807) is 18.2 Å². The van der Waals surface area contributed by atoms with Crippen LogP contribution < -0.4 is 4.74 Å². The maximum absolute atomic E-state index is 10.1. The van der Waals surface area contributed by atoms with Gasteiger partial charge in [-0.3, -0.25) is 0 Å². The van der Waals surface area contributed by atoms with Gasteiger partial charge in [0.05, 0.1) is 5.02 Å². The van der Waals surface area contributed by atoms with Gasteiger partial charge in [0, 0.05) is 24.7 Å². The third kappa shape index (κ3) is 5.33. The van der Waals surface area contributed by atoms with E-state index in [2.05, 4.69) is 18.7 Å². The van der Waals surface area contributed by atoms with E-state index < -0.39 is 6.10 Å². The highest BCUT2D eigenvalue weighted by atomic mass is 35.5. The summed E-state index contributed by atoms with van der Waals surface area (Å²) in [6.45, 7) is 7.49. The summed E-state index contributed by atoms with van der Waals surface area (Å²) in [6.07, 6.45) is 0.748. The van der Waals surface area contributed by atoms with Gasteiger partial charge in [-0.1, -0.05) is 37.0 Å². The van der Waals surface area contributed by atoms with Crippen LogP contribution in [0.3, 0.4) is 0 Å². The molecule has 1 heterocycles. The van der Waals surface area contributed by atoms with Crippen molar-refractivity contribution in [2.24, 2.45) is 11.8 Å². The minimum absolute atomic E-state index is 0.237. The Bertz CT molecular complexity index is 460. The number of ether oxygens (including phenoxy) is 1. The lowest BCUT2D eigenvalue weighted by Gasteiger charge is -2.35. The van der Waals surface area contributed by atoms with Crippen LogP contribution in [-0.4, -0.2) is 42.4 Å². The zero-order valence-corrected chi connectivity index (χ0v) is 14.1. The molecule has 0 spiro atoms. The zero-order valence-electron chi connectivity index (χ0n) is 12.6. The number of halogens is 2. The third-order valence-corrected chi connectivity index (χ3v) is 4.27. The SMILES string of the molecule is C[C@@H]1C[C@H](C)CN(C[C@H](O)COc2ccc(Cl)cc2Cl)C1. The number of likely N-dealkylation sites (tertiary alicyclic amines) is 1. The molecule has 0 aliphatic carbocycles. The number of piperidine rings is 1. The summed E-state index contributed by atoms with van der Waals surface area (Å²) >= 11 is 11.9. The predicted octanol–water partition coefficient (Wildman–Crippen LogP) is 3.71. The summed E-state index contributed by atoms with van der Waals surface area (Å²) in [7, 11) is 0. The van der Waals surface area contributed by atoms with Gasteiger partial charge < -0.3 is 14.7 Å². The lowest BCUT2D eigenvalue weighted by Crippen LogP contribution is -2.44. The molecular weight excluding hydrogens is 309 g/mol. The average Bonchev–Trinajstić information content (AvgIpc) is 2.36. The van der Waals surface area contributed by atoms with E-state index in [-0.39, 0.29) is 6.61 Å². The van der Waals surface area contributed by atoms with E-state index in [9.17, 15) is 5.11 Å². The van der Waals surface area contributed by atoms with Crippen LogP contribution in [0.5, 0.6) is 5.75 Å². The topological polar surface area (TPSA) is 32.7 Å². The van der Waals surface area contributed by atoms with Crippen LogP contribution in [0.25, 0.3) is 0 Å². The van der Waals surface area contributed by atoms with Crippen molar-refractivity contribution in [2.45, 2.75) is 26.4 Å². The maximum Gasteiger partial charge on any atom is 0.138 e. The van der Waals surface area contributed by atoms with Gasteiger partial charge in [0.25, 0.3) is 0 Å². The molecule has 1 aliphatic rings. The normalized spacial score (nSPS) is 24.8. The number of hydrogen-bond donors (Lipinski definition) is 1. The lowest BCUT2D eigenvalue weighted by atomic mass is 9.92. The largest absolute Gasteiger partial charge is 0.489 e. The lowest BCUT2D eigenvalue weighted by molar-refractivity contribution is 0.0429. The van der Waals surface area contributed by atoms with Crippen molar-refractivity contribution < 1.29 is 9.84 Å². The van der Waals surface area contributed by atoms with Crippen molar-refractivity contribution in [1.29, 1.82) is 0 Å². The summed E-state index contributed by atoms with van der Waals surface area (Å²) in [5, 5.41) is 11.2. The number of hydrogen-bond acceptors (Lipinski definition) is 3. The van der Waals surface area contributed by atoms with Crippen LogP contribution in [0, 0.1) is 11.8 Å². The highest BCUT2D eigenvalue weighted by Gasteiger charge is 2.23. The van der Waals surface area contributed by atoms with Gasteiger partial charge in [-0.2, -0.15) is 0 Å². The molecule has 0 saturated carbocycles. The first-order valence-corrected chi connectivity index (χ1v) is 8.18. The van der Waals surface area contributed by atoms with Crippen LogP contribution in [-0.2, 0) is 0 Å². The molecule has 1 aromatic carbocycles. The van der Waals surface area contributed by atoms with Crippen LogP contribution in [0.1, 0.15) is 20.3 Å². The minimum Gasteiger partial charge on any atom is -0.489 e. The monoisotopic (exact) mass is 331 g/mol. The highest BCUT2D eigenvalue weighted by Crippen LogP contribution is 2.27. The molecular formula is C16H23Cl2NO2. The van der Waals surface area contributed by atoms with Gasteiger partial charge >= 0.3 is 0 Å². The van der Waals surface area contributed by atoms with E-state index in [1.807, 2.05) is 0 Å². The van der Waals surface area contributed by atoms with Crippen molar-refractivity contribution in [3.8, 4) is 5.75 Å². The van der Waals surface area contributed by atoms with Gasteiger partial charge in [-0.25, -0.2) is 0 Å². The van der Waals surface area contributed by atoms with E-state index in [1.165, 1.54) is 6.42 Å². The molecule has 21 heavy (non-hydrogen) atoms. The highest BCUT2D eigenvalue weighted by molar-refractivity contribution is 6.35. The molecule has 1 aromatic rings. The molecule has 1 saturated heterocycles. The second-order valence-corrected chi connectivity index (χ2v) is 7.05. The van der Waals surface area contributed by atoms with Crippen molar-refractivity contribution in [1.82, 2.24) is 4.90 Å². The second kappa shape index (κ2) is 7.68. The molecule has 0 radical (unpaired) electrons. The van der Waals surface area contributed by atoms with Crippen LogP contribution in [0.4, 0.5) is 0 Å². The van der Waals surface area contributed by atoms with E-state index >= 15 is 0 Å². The predicted molar refractivity (Wildman–Crippen MR) is 87.3 cm³/mol. The van der Waals surface area contributed by atoms with E-state index in [0.717, 1.165) is 13.1 Å². The van der Waals surface area contributed by atoms with Gasteiger partial charge in [0.15, 0.2) is 0 Å². The fourth-order valence-corrected chi connectivity index (χ4v) is 3.53. The molecule has 0 aromatic heterocycles. The molecule has 0 amide bonds. The number of nitrogens with zero attached hydrogens (tertiary/aromatic N) is 1. The van der Waals surface area contributed by atoms with Crippen molar-refractivity contribution in [3.63, 3.8) is 0 Å². The smallest absolute Gasteiger partial charge is 0.138 e. The van der Waals surface area contributed by atoms with Gasteiger partial charge in [-0.05, 0) is 36.5 Å². The summed E-state index contributed by atoms with van der Waals surface area (Å²) in [5.74, 6) is 1.93. The Labute approximate surface area is 136 Å². The minimum atomic E-state index is -0.519. The first-order valence-electron chi connectivity index (χ1n) is 7.42. The Morgan fingerprint density at radius 3 is 2.57 bits per heavy atom. The van der Waals surface area contributed by atoms with Gasteiger partial charge in [0.2, 0.25) is 0 Å². The molecule has 3 nitrogen and oxygen atoms in total. The van der Waals surface area contributed by atoms with Gasteiger partial charge in [-0.15, -0.1) is 0 Å². The molecule has 118 valence electrons. The van der Waals surface area contributed by atoms with Crippen LogP contribution >= 0.6 is 23.2 Å². The zero-order chi connectivity index (χ0) is 15.4. The Morgan fingerprint density at radius 1 is 1.29 bits per heavy atom. The summed E-state index contributed by atoms with van der Waals surface area (Å²) < 4.78 is 5.58. The Kier molecular flexibility index (Phi) is 6.18. The third-order valence-electron chi connectivity index (χ3n) is 3.74. The number of aliphatic hydroxyl groups is 1. The average molecular weight is 332 g/mol. The second-order valence-electron chi connectivity index (χ2n) is 6.20. The fourth-order valence-electron chi connectivity index (χ4n) is 3.07. The Morgan fingerprint density at radius 2 is 1.95 bits per heavy atom. The van der Waals surface area contributed by atoms with Crippen molar-refractivity contribution >= 4 is 23.2 Å². The van der Waals surface area contributed by atoms with Crippen molar-refractivity contribution in [2.75, 3.05) is 26.2 Å². The molecule has 5 heteroatoms. The molecule has 3 atom stereocenters. The standard InChI is InChI=1S/C16H23Cl2NO2/c1-11-5-12(2)8-19(7-11)9-14(20)10-21-16-4-3-13(17)6-15(16)18/h3-4,6,11-12,14,20H,5,7-10H2,1-2H3/t11-,12+,14-/m0/s1. The van der Waals surface area contributed by atoms with Crippen LogP contribution in [0.2, 0.25) is 10.0 Å². The summed E-state index contributed by atoms with van der Waals surface area (Å²) in [5.41, 5.74) is 0. The fraction of sp³-hybridized carbons (Fsp3) is 0.625. The Hall–Kier alpha value is -0.480. The van der Waals surface area contributed by atoms with Gasteiger partial charge in [0.1, 0.15) is 18.5 Å². The number of aliphatic hydroxyl groups excluding tert-OH is 1. The molecule has 2 rings (SSSR count). The molecule has 0 unspecified atom stereocenters. The first kappa shape index (κ1) is 16.9. The quantitative estimate of drug-likeness (QED) is 0.892. The Balaban J connectivity index is 1.80. The van der Waals surface area contributed by atoms with E-state index in [0.29, 0.717) is 34.2 Å². The molecule has 1 fully saturated rings. The summed E-state index contributed by atoms with van der Waals surface area (Å²) in [4.78, 5) is 2.32. The molecule has 1 N–H and O–H groups in total. The number of β-amino-alcohol motifs (C(OH)–C–C–N with tert-alkyl or cyclic N) is 1. The van der Waals surface area contributed by atoms with Crippen LogP contribution in [0.15, 0.2) is 18.2 Å².